The van der Waals surface area contributed by atoms with E-state index in [0.29, 0.717) is 18.1 Å². The van der Waals surface area contributed by atoms with Crippen LogP contribution in [-0.2, 0) is 6.54 Å². The number of hydrogen-bond acceptors (Lipinski definition) is 4. The molecule has 0 radical (unpaired) electrons. The highest BCUT2D eigenvalue weighted by Gasteiger charge is 2.26. The van der Waals surface area contributed by atoms with Crippen LogP contribution in [0.5, 0.6) is 0 Å². The second kappa shape index (κ2) is 7.92. The summed E-state index contributed by atoms with van der Waals surface area (Å²) < 4.78 is 1.74. The third-order valence-corrected chi connectivity index (χ3v) is 4.77. The largest absolute Gasteiger partial charge is 0.390 e. The molecule has 5 nitrogen and oxygen atoms in total. The van der Waals surface area contributed by atoms with Gasteiger partial charge in [-0.2, -0.15) is 5.10 Å². The second-order valence-corrected chi connectivity index (χ2v) is 6.76. The third kappa shape index (κ3) is 4.44. The van der Waals surface area contributed by atoms with Gasteiger partial charge in [-0.1, -0.05) is 11.6 Å². The fourth-order valence-corrected chi connectivity index (χ4v) is 3.33. The molecule has 2 heterocycles. The Balaban J connectivity index is 1.46. The van der Waals surface area contributed by atoms with E-state index < -0.39 is 6.10 Å². The normalized spacial score (nSPS) is 17.8. The maximum absolute atomic E-state index is 12.5. The maximum Gasteiger partial charge on any atom is 0.166 e. The number of halogens is 1. The van der Waals surface area contributed by atoms with E-state index in [-0.39, 0.29) is 11.7 Å². The molecular formula is C18H22ClN3O2. The first kappa shape index (κ1) is 17.1. The van der Waals surface area contributed by atoms with E-state index in [9.17, 15) is 9.90 Å². The molecule has 0 amide bonds. The topological polar surface area (TPSA) is 58.4 Å². The minimum atomic E-state index is -0.451. The molecule has 0 aliphatic carbocycles. The van der Waals surface area contributed by atoms with Crippen LogP contribution in [0, 0.1) is 5.92 Å². The van der Waals surface area contributed by atoms with Crippen molar-refractivity contribution in [3.05, 3.63) is 53.3 Å². The van der Waals surface area contributed by atoms with Crippen molar-refractivity contribution in [2.24, 2.45) is 5.92 Å². The van der Waals surface area contributed by atoms with E-state index >= 15 is 0 Å². The molecule has 6 heteroatoms. The molecule has 1 atom stereocenters. The van der Waals surface area contributed by atoms with Crippen molar-refractivity contribution in [1.29, 1.82) is 0 Å². The van der Waals surface area contributed by atoms with Crippen LogP contribution >= 0.6 is 11.6 Å². The van der Waals surface area contributed by atoms with Crippen molar-refractivity contribution in [2.75, 3.05) is 19.6 Å². The van der Waals surface area contributed by atoms with Gasteiger partial charge in [-0.3, -0.25) is 9.48 Å². The minimum absolute atomic E-state index is 0.0608. The molecule has 0 bridgehead atoms. The number of aromatic nitrogens is 2. The summed E-state index contributed by atoms with van der Waals surface area (Å²) in [5.41, 5.74) is 0.733. The Kier molecular flexibility index (Phi) is 5.66. The molecule has 1 N–H and O–H groups in total. The predicted octanol–water partition coefficient (Wildman–Crippen LogP) is 2.49. The van der Waals surface area contributed by atoms with E-state index in [1.165, 1.54) is 0 Å². The number of carbonyl (C=O) groups excluding carboxylic acids is 1. The van der Waals surface area contributed by atoms with Crippen LogP contribution in [0.25, 0.3) is 0 Å². The van der Waals surface area contributed by atoms with Crippen molar-refractivity contribution in [3.63, 3.8) is 0 Å². The average molecular weight is 348 g/mol. The van der Waals surface area contributed by atoms with Gasteiger partial charge in [-0.25, -0.2) is 0 Å². The smallest absolute Gasteiger partial charge is 0.166 e. The van der Waals surface area contributed by atoms with Crippen LogP contribution < -0.4 is 0 Å². The van der Waals surface area contributed by atoms with Gasteiger partial charge in [0, 0.05) is 35.4 Å². The highest BCUT2D eigenvalue weighted by atomic mass is 35.5. The van der Waals surface area contributed by atoms with Gasteiger partial charge in [-0.15, -0.1) is 0 Å². The quantitative estimate of drug-likeness (QED) is 0.816. The van der Waals surface area contributed by atoms with E-state index in [2.05, 4.69) is 10.00 Å². The lowest BCUT2D eigenvalue weighted by Gasteiger charge is -2.32. The van der Waals surface area contributed by atoms with Gasteiger partial charge in [0.1, 0.15) is 0 Å². The Morgan fingerprint density at radius 2 is 1.96 bits per heavy atom. The summed E-state index contributed by atoms with van der Waals surface area (Å²) in [7, 11) is 0. The zero-order valence-corrected chi connectivity index (χ0v) is 14.3. The fraction of sp³-hybridized carbons (Fsp3) is 0.444. The Morgan fingerprint density at radius 3 is 2.58 bits per heavy atom. The minimum Gasteiger partial charge on any atom is -0.390 e. The van der Waals surface area contributed by atoms with Crippen molar-refractivity contribution >= 4 is 17.4 Å². The van der Waals surface area contributed by atoms with Crippen LogP contribution in [0.15, 0.2) is 42.7 Å². The van der Waals surface area contributed by atoms with Crippen LogP contribution in [0.3, 0.4) is 0 Å². The Hall–Kier alpha value is -1.69. The van der Waals surface area contributed by atoms with E-state index in [4.69, 9.17) is 11.6 Å². The highest BCUT2D eigenvalue weighted by molar-refractivity contribution is 6.30. The third-order valence-electron chi connectivity index (χ3n) is 4.51. The molecule has 0 spiro atoms. The van der Waals surface area contributed by atoms with Crippen LogP contribution in [-0.4, -0.2) is 51.3 Å². The molecule has 1 saturated heterocycles. The van der Waals surface area contributed by atoms with E-state index in [1.54, 1.807) is 35.1 Å². The number of likely N-dealkylation sites (tertiary alicyclic amines) is 1. The number of nitrogens with zero attached hydrogens (tertiary/aromatic N) is 3. The van der Waals surface area contributed by atoms with Gasteiger partial charge in [-0.05, 0) is 56.3 Å². The first-order valence-corrected chi connectivity index (χ1v) is 8.67. The lowest BCUT2D eigenvalue weighted by Crippen LogP contribution is -2.41. The number of aliphatic hydroxyl groups is 1. The molecule has 1 aromatic carbocycles. The van der Waals surface area contributed by atoms with Crippen molar-refractivity contribution in [3.8, 4) is 0 Å². The zero-order chi connectivity index (χ0) is 16.9. The van der Waals surface area contributed by atoms with Gasteiger partial charge in [0.2, 0.25) is 0 Å². The van der Waals surface area contributed by atoms with Gasteiger partial charge < -0.3 is 10.0 Å². The first-order chi connectivity index (χ1) is 11.6. The van der Waals surface area contributed by atoms with Gasteiger partial charge in [0.05, 0.1) is 12.6 Å². The van der Waals surface area contributed by atoms with Gasteiger partial charge >= 0.3 is 0 Å². The lowest BCUT2D eigenvalue weighted by molar-refractivity contribution is 0.0668. The number of aliphatic hydroxyl groups excluding tert-OH is 1. The molecule has 128 valence electrons. The molecule has 1 aliphatic heterocycles. The molecule has 2 aromatic rings. The molecule has 0 saturated carbocycles. The van der Waals surface area contributed by atoms with Gasteiger partial charge in [0.25, 0.3) is 0 Å². The van der Waals surface area contributed by atoms with Crippen LogP contribution in [0.4, 0.5) is 0 Å². The summed E-state index contributed by atoms with van der Waals surface area (Å²) in [4.78, 5) is 14.8. The summed E-state index contributed by atoms with van der Waals surface area (Å²) in [6.45, 7) is 2.78. The first-order valence-electron chi connectivity index (χ1n) is 8.29. The highest BCUT2D eigenvalue weighted by Crippen LogP contribution is 2.23. The predicted molar refractivity (Wildman–Crippen MR) is 93.2 cm³/mol. The molecule has 1 fully saturated rings. The number of piperidine rings is 1. The average Bonchev–Trinajstić information content (AvgIpc) is 3.08. The number of Topliss-reactive ketones (excluding diaryl/α,β-unsaturated/α-hetero) is 1. The number of carbonyl (C=O) groups is 1. The number of rotatable bonds is 6. The number of hydrogen-bond donors (Lipinski definition) is 1. The molecule has 1 aromatic heterocycles. The fourth-order valence-electron chi connectivity index (χ4n) is 3.21. The SMILES string of the molecule is O=C(c1ccc(Cl)cc1)C1CCN(C[C@H](O)Cn2cccn2)CC1. The molecule has 1 aliphatic rings. The van der Waals surface area contributed by atoms with Crippen molar-refractivity contribution in [1.82, 2.24) is 14.7 Å². The zero-order valence-electron chi connectivity index (χ0n) is 13.5. The van der Waals surface area contributed by atoms with Crippen molar-refractivity contribution < 1.29 is 9.90 Å². The van der Waals surface area contributed by atoms with E-state index in [1.807, 2.05) is 12.3 Å². The summed E-state index contributed by atoms with van der Waals surface area (Å²) in [6.07, 6.45) is 4.76. The monoisotopic (exact) mass is 347 g/mol. The Morgan fingerprint density at radius 1 is 1.25 bits per heavy atom. The van der Waals surface area contributed by atoms with Gasteiger partial charge in [0.15, 0.2) is 5.78 Å². The molecule has 0 unspecified atom stereocenters. The maximum atomic E-state index is 12.5. The van der Waals surface area contributed by atoms with Crippen LogP contribution in [0.2, 0.25) is 5.02 Å². The van der Waals surface area contributed by atoms with Crippen LogP contribution in [0.1, 0.15) is 23.2 Å². The summed E-state index contributed by atoms with van der Waals surface area (Å²) >= 11 is 5.87. The Labute approximate surface area is 146 Å². The molecule has 3 rings (SSSR count). The van der Waals surface area contributed by atoms with E-state index in [0.717, 1.165) is 31.5 Å². The summed E-state index contributed by atoms with van der Waals surface area (Å²) in [6, 6.07) is 8.96. The summed E-state index contributed by atoms with van der Waals surface area (Å²) in [5, 5.41) is 14.9. The number of β-amino-alcohol motifs (C(OH)–C–C–N with tert-alkyl or cyclic N) is 1. The molecular weight excluding hydrogens is 326 g/mol. The second-order valence-electron chi connectivity index (χ2n) is 6.33. The van der Waals surface area contributed by atoms with Crippen molar-refractivity contribution in [2.45, 2.75) is 25.5 Å². The molecule has 24 heavy (non-hydrogen) atoms. The standard InChI is InChI=1S/C18H22ClN3O2/c19-16-4-2-14(3-5-16)18(24)15-6-10-21(11-7-15)12-17(23)13-22-9-1-8-20-22/h1-5,8-9,15,17,23H,6-7,10-13H2/t17-/m0/s1. The summed E-state index contributed by atoms with van der Waals surface area (Å²) in [5.74, 6) is 0.258. The Bertz CT molecular complexity index is 649. The number of ketones is 1. The lowest BCUT2D eigenvalue weighted by atomic mass is 9.89. The number of benzene rings is 1.